The van der Waals surface area contributed by atoms with Gasteiger partial charge in [0, 0.05) is 12.1 Å². The Kier molecular flexibility index (Phi) is 6.34. The molecule has 0 aromatic heterocycles. The van der Waals surface area contributed by atoms with Crippen molar-refractivity contribution in [2.24, 2.45) is 5.10 Å². The number of para-hydroxylation sites is 1. The molecule has 3 rings (SSSR count). The molecule has 3 aromatic rings. The molecule has 0 saturated carbocycles. The van der Waals surface area contributed by atoms with Gasteiger partial charge in [0.15, 0.2) is 0 Å². The van der Waals surface area contributed by atoms with Gasteiger partial charge in [-0.25, -0.2) is 8.42 Å². The van der Waals surface area contributed by atoms with Crippen LogP contribution in [0.25, 0.3) is 0 Å². The first-order valence-electron chi connectivity index (χ1n) is 8.68. The molecule has 0 aliphatic carbocycles. The first-order chi connectivity index (χ1) is 14.3. The summed E-state index contributed by atoms with van der Waals surface area (Å²) in [5.41, 5.74) is 4.35. The van der Waals surface area contributed by atoms with Crippen molar-refractivity contribution in [1.29, 1.82) is 0 Å². The van der Waals surface area contributed by atoms with Crippen molar-refractivity contribution in [3.8, 4) is 0 Å². The number of sulfonamides is 1. The van der Waals surface area contributed by atoms with Gasteiger partial charge in [-0.3, -0.25) is 20.3 Å². The maximum atomic E-state index is 12.9. The molecule has 8 nitrogen and oxygen atoms in total. The molecule has 3 aromatic carbocycles. The van der Waals surface area contributed by atoms with E-state index in [0.717, 1.165) is 17.2 Å². The van der Waals surface area contributed by atoms with Crippen LogP contribution in [0.4, 0.5) is 17.1 Å². The molecule has 0 radical (unpaired) electrons. The maximum Gasteiger partial charge on any atom is 0.270 e. The van der Waals surface area contributed by atoms with Crippen LogP contribution in [0.3, 0.4) is 0 Å². The number of rotatable bonds is 7. The third kappa shape index (κ3) is 5.13. The number of hydrogen-bond acceptors (Lipinski definition) is 6. The molecular weight excluding hydrogens is 428 g/mol. The van der Waals surface area contributed by atoms with E-state index in [9.17, 15) is 18.5 Å². The van der Waals surface area contributed by atoms with E-state index < -0.39 is 14.9 Å². The molecule has 0 aliphatic heterocycles. The van der Waals surface area contributed by atoms with Crippen molar-refractivity contribution < 1.29 is 13.3 Å². The van der Waals surface area contributed by atoms with Gasteiger partial charge in [-0.2, -0.15) is 5.10 Å². The lowest BCUT2D eigenvalue weighted by Gasteiger charge is -2.12. The Morgan fingerprint density at radius 2 is 1.80 bits per heavy atom. The van der Waals surface area contributed by atoms with E-state index in [1.54, 1.807) is 12.1 Å². The zero-order valence-electron chi connectivity index (χ0n) is 15.7. The van der Waals surface area contributed by atoms with Crippen LogP contribution in [0.15, 0.2) is 76.7 Å². The molecule has 0 saturated heterocycles. The summed E-state index contributed by atoms with van der Waals surface area (Å²) in [6.45, 7) is 1.94. The number of nitro benzene ring substituents is 1. The Balaban J connectivity index is 1.96. The number of nitrogens with zero attached hydrogens (tertiary/aromatic N) is 2. The van der Waals surface area contributed by atoms with Gasteiger partial charge < -0.3 is 0 Å². The Labute approximate surface area is 178 Å². The second kappa shape index (κ2) is 8.93. The third-order valence-electron chi connectivity index (χ3n) is 4.02. The molecular formula is C20H17ClN4O4S. The Morgan fingerprint density at radius 1 is 1.03 bits per heavy atom. The van der Waals surface area contributed by atoms with E-state index >= 15 is 0 Å². The summed E-state index contributed by atoms with van der Waals surface area (Å²) in [7, 11) is -4.20. The molecule has 30 heavy (non-hydrogen) atoms. The fourth-order valence-corrected chi connectivity index (χ4v) is 4.11. The van der Waals surface area contributed by atoms with Gasteiger partial charge in [-0.05, 0) is 30.7 Å². The van der Waals surface area contributed by atoms with Gasteiger partial charge in [0.2, 0.25) is 0 Å². The second-order valence-corrected chi connectivity index (χ2v) is 8.37. The normalized spacial score (nSPS) is 11.4. The molecule has 0 spiro atoms. The highest BCUT2D eigenvalue weighted by atomic mass is 35.5. The summed E-state index contributed by atoms with van der Waals surface area (Å²) in [6, 6.07) is 17.3. The van der Waals surface area contributed by atoms with Gasteiger partial charge in [0.1, 0.15) is 4.90 Å². The number of aryl methyl sites for hydroxylation is 1. The van der Waals surface area contributed by atoms with E-state index in [4.69, 9.17) is 11.6 Å². The molecule has 10 heteroatoms. The lowest BCUT2D eigenvalue weighted by Crippen LogP contribution is -2.15. The monoisotopic (exact) mass is 444 g/mol. The molecule has 0 unspecified atom stereocenters. The fraction of sp³-hybridized carbons (Fsp3) is 0.0500. The smallest absolute Gasteiger partial charge is 0.270 e. The topological polar surface area (TPSA) is 114 Å². The van der Waals surface area contributed by atoms with Crippen molar-refractivity contribution in [3.63, 3.8) is 0 Å². The highest BCUT2D eigenvalue weighted by molar-refractivity contribution is 7.93. The molecule has 0 amide bonds. The van der Waals surface area contributed by atoms with Gasteiger partial charge in [-0.15, -0.1) is 0 Å². The van der Waals surface area contributed by atoms with Crippen molar-refractivity contribution in [3.05, 3.63) is 93.0 Å². The maximum absolute atomic E-state index is 12.9. The number of non-ortho nitro benzene ring substituents is 1. The molecule has 0 bridgehead atoms. The van der Waals surface area contributed by atoms with Gasteiger partial charge >= 0.3 is 0 Å². The van der Waals surface area contributed by atoms with Crippen LogP contribution in [0, 0.1) is 17.0 Å². The second-order valence-electron chi connectivity index (χ2n) is 6.31. The van der Waals surface area contributed by atoms with Crippen LogP contribution in [0.5, 0.6) is 0 Å². The molecule has 0 fully saturated rings. The minimum Gasteiger partial charge on any atom is -0.278 e. The summed E-state index contributed by atoms with van der Waals surface area (Å²) < 4.78 is 28.2. The minimum absolute atomic E-state index is 0.0732. The van der Waals surface area contributed by atoms with Crippen molar-refractivity contribution in [2.45, 2.75) is 11.8 Å². The predicted octanol–water partition coefficient (Wildman–Crippen LogP) is 4.80. The average Bonchev–Trinajstić information content (AvgIpc) is 2.69. The van der Waals surface area contributed by atoms with Crippen LogP contribution in [-0.2, 0) is 10.0 Å². The number of hydrogen-bond donors (Lipinski definition) is 2. The van der Waals surface area contributed by atoms with Gasteiger partial charge in [0.05, 0.1) is 27.5 Å². The first-order valence-corrected chi connectivity index (χ1v) is 10.5. The first kappa shape index (κ1) is 21.3. The van der Waals surface area contributed by atoms with E-state index in [2.05, 4.69) is 15.2 Å². The van der Waals surface area contributed by atoms with E-state index in [0.29, 0.717) is 0 Å². The van der Waals surface area contributed by atoms with Crippen LogP contribution in [0.1, 0.15) is 11.1 Å². The average molecular weight is 445 g/mol. The SMILES string of the molecule is Cc1cccc(C=NNc2ccc([N+](=O)[O-])cc2S(=O)(=O)Nc2ccccc2Cl)c1. The molecule has 0 atom stereocenters. The van der Waals surface area contributed by atoms with Gasteiger partial charge in [-0.1, -0.05) is 53.6 Å². The lowest BCUT2D eigenvalue weighted by molar-refractivity contribution is -0.385. The fourth-order valence-electron chi connectivity index (χ4n) is 2.61. The van der Waals surface area contributed by atoms with Crippen molar-refractivity contribution in [2.75, 3.05) is 10.1 Å². The standard InChI is InChI=1S/C20H17ClN4O4S/c1-14-5-4-6-15(11-14)13-22-23-19-10-9-16(25(26)27)12-20(19)30(28,29)24-18-8-3-2-7-17(18)21/h2-13,23-24H,1H3. The van der Waals surface area contributed by atoms with E-state index in [1.165, 1.54) is 30.5 Å². The number of nitrogens with one attached hydrogen (secondary N) is 2. The number of nitro groups is 1. The molecule has 154 valence electrons. The van der Waals surface area contributed by atoms with E-state index in [1.807, 2.05) is 31.2 Å². The third-order valence-corrected chi connectivity index (χ3v) is 5.76. The Bertz CT molecular complexity index is 1230. The van der Waals surface area contributed by atoms with Crippen LogP contribution < -0.4 is 10.1 Å². The van der Waals surface area contributed by atoms with Crippen LogP contribution in [-0.4, -0.2) is 19.6 Å². The summed E-state index contributed by atoms with van der Waals surface area (Å²) in [4.78, 5) is 10.1. The number of hydrazone groups is 1. The minimum atomic E-state index is -4.20. The highest BCUT2D eigenvalue weighted by Gasteiger charge is 2.23. The molecule has 0 aliphatic rings. The van der Waals surface area contributed by atoms with Crippen molar-refractivity contribution >= 4 is 44.9 Å². The van der Waals surface area contributed by atoms with Crippen LogP contribution in [0.2, 0.25) is 5.02 Å². The van der Waals surface area contributed by atoms with Gasteiger partial charge in [0.25, 0.3) is 15.7 Å². The lowest BCUT2D eigenvalue weighted by atomic mass is 10.2. The zero-order chi connectivity index (χ0) is 21.7. The summed E-state index contributed by atoms with van der Waals surface area (Å²) in [5, 5.41) is 15.4. The number of benzene rings is 3. The quantitative estimate of drug-likeness (QED) is 0.308. The zero-order valence-corrected chi connectivity index (χ0v) is 17.3. The number of halogens is 1. The van der Waals surface area contributed by atoms with Crippen molar-refractivity contribution in [1.82, 2.24) is 0 Å². The van der Waals surface area contributed by atoms with E-state index in [-0.39, 0.29) is 27.0 Å². The largest absolute Gasteiger partial charge is 0.278 e. The predicted molar refractivity (Wildman–Crippen MR) is 118 cm³/mol. The number of anilines is 2. The molecule has 0 heterocycles. The Hall–Kier alpha value is -3.43. The van der Waals surface area contributed by atoms with Crippen LogP contribution >= 0.6 is 11.6 Å². The Morgan fingerprint density at radius 3 is 2.50 bits per heavy atom. The summed E-state index contributed by atoms with van der Waals surface area (Å²) in [5.74, 6) is 0. The summed E-state index contributed by atoms with van der Waals surface area (Å²) in [6.07, 6.45) is 1.52. The highest BCUT2D eigenvalue weighted by Crippen LogP contribution is 2.30. The molecule has 2 N–H and O–H groups in total. The summed E-state index contributed by atoms with van der Waals surface area (Å²) >= 11 is 6.03.